The van der Waals surface area contributed by atoms with Gasteiger partial charge in [-0.3, -0.25) is 4.79 Å². The molecule has 0 saturated carbocycles. The lowest BCUT2D eigenvalue weighted by atomic mass is 9.90. The molecule has 3 nitrogen and oxygen atoms in total. The van der Waals surface area contributed by atoms with E-state index in [9.17, 15) is 4.79 Å². The summed E-state index contributed by atoms with van der Waals surface area (Å²) in [6.45, 7) is 3.92. The molecule has 0 aromatic heterocycles. The topological polar surface area (TPSA) is 69.1 Å². The van der Waals surface area contributed by atoms with E-state index in [0.717, 1.165) is 18.4 Å². The number of allylic oxidation sites excluding steroid dienone is 2. The van der Waals surface area contributed by atoms with Crippen LogP contribution in [0.4, 0.5) is 0 Å². The van der Waals surface area contributed by atoms with Crippen LogP contribution >= 0.6 is 0 Å². The molecule has 1 unspecified atom stereocenters. The number of hydrogen-bond acceptors (Lipinski definition) is 3. The van der Waals surface area contributed by atoms with Gasteiger partial charge in [0.1, 0.15) is 0 Å². The molecule has 14 heavy (non-hydrogen) atoms. The molecule has 1 rings (SSSR count). The molecule has 0 heterocycles. The zero-order valence-corrected chi connectivity index (χ0v) is 8.84. The zero-order valence-electron chi connectivity index (χ0n) is 8.84. The van der Waals surface area contributed by atoms with Gasteiger partial charge in [-0.2, -0.15) is 0 Å². The summed E-state index contributed by atoms with van der Waals surface area (Å²) in [5, 5.41) is 0. The van der Waals surface area contributed by atoms with Gasteiger partial charge in [0.15, 0.2) is 5.78 Å². The highest BCUT2D eigenvalue weighted by Crippen LogP contribution is 2.21. The van der Waals surface area contributed by atoms with Crippen LogP contribution in [0.15, 0.2) is 22.9 Å². The van der Waals surface area contributed by atoms with Crippen LogP contribution in [-0.2, 0) is 4.79 Å². The van der Waals surface area contributed by atoms with E-state index in [-0.39, 0.29) is 11.8 Å². The third kappa shape index (κ3) is 2.45. The summed E-state index contributed by atoms with van der Waals surface area (Å²) in [6.07, 6.45) is 4.12. The molecule has 0 amide bonds. The number of rotatable bonds is 2. The first-order valence-electron chi connectivity index (χ1n) is 4.94. The number of carbonyl (C=O) groups is 1. The maximum absolute atomic E-state index is 11.6. The van der Waals surface area contributed by atoms with Crippen molar-refractivity contribution in [3.8, 4) is 0 Å². The molecule has 0 spiro atoms. The molecular weight excluding hydrogens is 176 g/mol. The quantitative estimate of drug-likeness (QED) is 0.650. The van der Waals surface area contributed by atoms with Crippen molar-refractivity contribution in [1.29, 1.82) is 0 Å². The second-order valence-electron chi connectivity index (χ2n) is 3.99. The van der Waals surface area contributed by atoms with Gasteiger partial charge in [0, 0.05) is 17.7 Å². The molecule has 1 aliphatic carbocycles. The molecule has 4 N–H and O–H groups in total. The molecule has 0 aliphatic heterocycles. The predicted octanol–water partition coefficient (Wildman–Crippen LogP) is 1.25. The van der Waals surface area contributed by atoms with Gasteiger partial charge in [-0.25, -0.2) is 0 Å². The molecule has 1 aliphatic rings. The Kier molecular flexibility index (Phi) is 3.47. The van der Waals surface area contributed by atoms with Crippen molar-refractivity contribution < 1.29 is 4.79 Å². The van der Waals surface area contributed by atoms with Crippen molar-refractivity contribution in [2.45, 2.75) is 39.2 Å². The van der Waals surface area contributed by atoms with E-state index in [0.29, 0.717) is 17.7 Å². The van der Waals surface area contributed by atoms with Crippen LogP contribution in [0, 0.1) is 0 Å². The first-order chi connectivity index (χ1) is 6.52. The van der Waals surface area contributed by atoms with E-state index in [1.165, 1.54) is 0 Å². The van der Waals surface area contributed by atoms with Crippen LogP contribution in [0.5, 0.6) is 0 Å². The van der Waals surface area contributed by atoms with Crippen LogP contribution in [0.1, 0.15) is 33.1 Å². The lowest BCUT2D eigenvalue weighted by Crippen LogP contribution is -2.31. The van der Waals surface area contributed by atoms with Crippen molar-refractivity contribution in [2.75, 3.05) is 0 Å². The van der Waals surface area contributed by atoms with Crippen LogP contribution in [0.25, 0.3) is 0 Å². The smallest absolute Gasteiger partial charge is 0.162 e. The summed E-state index contributed by atoms with van der Waals surface area (Å²) in [4.78, 5) is 11.6. The van der Waals surface area contributed by atoms with E-state index < -0.39 is 0 Å². The number of carbonyl (C=O) groups excluding carboxylic acids is 1. The number of Topliss-reactive ketones (excluding diaryl/α,β-unsaturated/α-hetero) is 1. The molecule has 0 radical (unpaired) electrons. The highest BCUT2D eigenvalue weighted by Gasteiger charge is 2.22. The van der Waals surface area contributed by atoms with Gasteiger partial charge in [0.2, 0.25) is 0 Å². The number of hydrogen-bond donors (Lipinski definition) is 2. The Balaban J connectivity index is 2.94. The van der Waals surface area contributed by atoms with Gasteiger partial charge >= 0.3 is 0 Å². The lowest BCUT2D eigenvalue weighted by molar-refractivity contribution is -0.116. The Labute approximate surface area is 84.8 Å². The van der Waals surface area contributed by atoms with E-state index in [1.807, 2.05) is 19.9 Å². The number of nitrogens with two attached hydrogens (primary N) is 2. The van der Waals surface area contributed by atoms with E-state index in [2.05, 4.69) is 0 Å². The molecule has 0 aromatic carbocycles. The third-order valence-corrected chi connectivity index (χ3v) is 2.34. The summed E-state index contributed by atoms with van der Waals surface area (Å²) in [5.74, 6) is 0.110. The van der Waals surface area contributed by atoms with Crippen molar-refractivity contribution >= 4 is 5.78 Å². The second-order valence-corrected chi connectivity index (χ2v) is 3.99. The van der Waals surface area contributed by atoms with E-state index in [4.69, 9.17) is 11.5 Å². The maximum Gasteiger partial charge on any atom is 0.162 e. The largest absolute Gasteiger partial charge is 0.402 e. The fourth-order valence-corrected chi connectivity index (χ4v) is 1.73. The van der Waals surface area contributed by atoms with Crippen molar-refractivity contribution in [1.82, 2.24) is 0 Å². The summed E-state index contributed by atoms with van der Waals surface area (Å²) < 4.78 is 0. The summed E-state index contributed by atoms with van der Waals surface area (Å²) >= 11 is 0. The van der Waals surface area contributed by atoms with E-state index in [1.54, 1.807) is 0 Å². The Bertz CT molecular complexity index is 298. The van der Waals surface area contributed by atoms with Crippen LogP contribution in [0.3, 0.4) is 0 Å². The molecular formula is C11H18N2O. The molecule has 0 saturated heterocycles. The molecule has 0 bridgehead atoms. The first-order valence-corrected chi connectivity index (χ1v) is 4.94. The van der Waals surface area contributed by atoms with Crippen LogP contribution < -0.4 is 11.5 Å². The SMILES string of the molecule is CC(C)=CC(N)C1=C(N)CCCC1=O. The van der Waals surface area contributed by atoms with Gasteiger partial charge in [-0.15, -0.1) is 0 Å². The third-order valence-electron chi connectivity index (χ3n) is 2.34. The Morgan fingerprint density at radius 3 is 2.57 bits per heavy atom. The Morgan fingerprint density at radius 1 is 1.43 bits per heavy atom. The average molecular weight is 194 g/mol. The minimum Gasteiger partial charge on any atom is -0.402 e. The molecule has 0 fully saturated rings. The molecule has 0 aromatic rings. The van der Waals surface area contributed by atoms with Crippen LogP contribution in [-0.4, -0.2) is 11.8 Å². The zero-order chi connectivity index (χ0) is 10.7. The normalized spacial score (nSPS) is 19.5. The van der Waals surface area contributed by atoms with E-state index >= 15 is 0 Å². The van der Waals surface area contributed by atoms with Crippen molar-refractivity contribution in [3.05, 3.63) is 22.9 Å². The molecule has 3 heteroatoms. The Hall–Kier alpha value is -1.09. The fourth-order valence-electron chi connectivity index (χ4n) is 1.73. The van der Waals surface area contributed by atoms with Gasteiger partial charge in [-0.1, -0.05) is 11.6 Å². The van der Waals surface area contributed by atoms with Gasteiger partial charge in [0.25, 0.3) is 0 Å². The van der Waals surface area contributed by atoms with Crippen molar-refractivity contribution in [3.63, 3.8) is 0 Å². The molecule has 78 valence electrons. The average Bonchev–Trinajstić information content (AvgIpc) is 2.01. The molecule has 1 atom stereocenters. The van der Waals surface area contributed by atoms with Crippen molar-refractivity contribution in [2.24, 2.45) is 11.5 Å². The van der Waals surface area contributed by atoms with Gasteiger partial charge < -0.3 is 11.5 Å². The first kappa shape index (κ1) is 11.0. The minimum atomic E-state index is -0.326. The summed E-state index contributed by atoms with van der Waals surface area (Å²) in [5.41, 5.74) is 14.1. The standard InChI is InChI=1S/C11H18N2O/c1-7(2)6-9(13)11-8(12)4-3-5-10(11)14/h6,9H,3-5,12-13H2,1-2H3. The summed E-state index contributed by atoms with van der Waals surface area (Å²) in [7, 11) is 0. The Morgan fingerprint density at radius 2 is 2.07 bits per heavy atom. The highest BCUT2D eigenvalue weighted by atomic mass is 16.1. The summed E-state index contributed by atoms with van der Waals surface area (Å²) in [6, 6.07) is -0.326. The van der Waals surface area contributed by atoms with Gasteiger partial charge in [-0.05, 0) is 26.7 Å². The van der Waals surface area contributed by atoms with Gasteiger partial charge in [0.05, 0.1) is 6.04 Å². The maximum atomic E-state index is 11.6. The monoisotopic (exact) mass is 194 g/mol. The predicted molar refractivity (Wildman–Crippen MR) is 57.5 cm³/mol. The lowest BCUT2D eigenvalue weighted by Gasteiger charge is -2.19. The number of ketones is 1. The second kappa shape index (κ2) is 4.42. The minimum absolute atomic E-state index is 0.110. The highest BCUT2D eigenvalue weighted by molar-refractivity contribution is 5.98. The fraction of sp³-hybridized carbons (Fsp3) is 0.545. The van der Waals surface area contributed by atoms with Crippen LogP contribution in [0.2, 0.25) is 0 Å².